The summed E-state index contributed by atoms with van der Waals surface area (Å²) in [4.78, 5) is 13.6. The van der Waals surface area contributed by atoms with Crippen molar-refractivity contribution in [2.24, 2.45) is 0 Å². The Morgan fingerprint density at radius 1 is 1.04 bits per heavy atom. The summed E-state index contributed by atoms with van der Waals surface area (Å²) in [5.74, 6) is 0.666. The van der Waals surface area contributed by atoms with Crippen molar-refractivity contribution >= 4 is 33.2 Å². The molecule has 0 atom stereocenters. The van der Waals surface area contributed by atoms with Crippen LogP contribution < -0.4 is 4.74 Å². The standard InChI is InChI=1S/C19H24ClN3O3S/c20-19-21-17(16-14-5-8-25-11-15(14)27-18(16)22-19)26-13-3-1-12(2-4-13)23-6-9-24-10-7-23/h12-13H,1-11H2/t12-,13-. The van der Waals surface area contributed by atoms with E-state index >= 15 is 0 Å². The van der Waals surface area contributed by atoms with E-state index in [-0.39, 0.29) is 11.4 Å². The second-order valence-corrected chi connectivity index (χ2v) is 8.90. The zero-order chi connectivity index (χ0) is 18.2. The van der Waals surface area contributed by atoms with Crippen LogP contribution in [0.2, 0.25) is 5.28 Å². The van der Waals surface area contributed by atoms with Crippen molar-refractivity contribution in [1.82, 2.24) is 14.9 Å². The number of nitrogens with zero attached hydrogens (tertiary/aromatic N) is 3. The summed E-state index contributed by atoms with van der Waals surface area (Å²) in [5.41, 5.74) is 1.29. The van der Waals surface area contributed by atoms with Crippen LogP contribution in [0.15, 0.2) is 0 Å². The van der Waals surface area contributed by atoms with Crippen molar-refractivity contribution in [3.63, 3.8) is 0 Å². The van der Waals surface area contributed by atoms with Gasteiger partial charge in [0, 0.05) is 24.0 Å². The largest absolute Gasteiger partial charge is 0.474 e. The van der Waals surface area contributed by atoms with Gasteiger partial charge in [-0.1, -0.05) is 0 Å². The van der Waals surface area contributed by atoms with Crippen LogP contribution in [0, 0.1) is 0 Å². The van der Waals surface area contributed by atoms with Gasteiger partial charge in [-0.25, -0.2) is 4.98 Å². The van der Waals surface area contributed by atoms with Gasteiger partial charge >= 0.3 is 0 Å². The van der Waals surface area contributed by atoms with Gasteiger partial charge in [-0.3, -0.25) is 4.90 Å². The average molecular weight is 410 g/mol. The van der Waals surface area contributed by atoms with Crippen LogP contribution in [0.3, 0.4) is 0 Å². The highest BCUT2D eigenvalue weighted by atomic mass is 35.5. The summed E-state index contributed by atoms with van der Waals surface area (Å²) in [6.45, 7) is 5.23. The van der Waals surface area contributed by atoms with Gasteiger partial charge in [0.25, 0.3) is 0 Å². The lowest BCUT2D eigenvalue weighted by molar-refractivity contribution is -0.00126. The van der Waals surface area contributed by atoms with Gasteiger partial charge < -0.3 is 14.2 Å². The van der Waals surface area contributed by atoms with E-state index in [2.05, 4.69) is 14.9 Å². The number of hydrogen-bond acceptors (Lipinski definition) is 7. The molecule has 6 nitrogen and oxygen atoms in total. The monoisotopic (exact) mass is 409 g/mol. The maximum atomic E-state index is 6.40. The predicted molar refractivity (Wildman–Crippen MR) is 105 cm³/mol. The molecular formula is C19H24ClN3O3S. The molecule has 1 saturated heterocycles. The lowest BCUT2D eigenvalue weighted by Crippen LogP contribution is -2.46. The fourth-order valence-corrected chi connectivity index (χ4v) is 5.84. The average Bonchev–Trinajstić information content (AvgIpc) is 3.07. The molecule has 8 heteroatoms. The summed E-state index contributed by atoms with van der Waals surface area (Å²) in [5, 5.41) is 1.32. The SMILES string of the molecule is Clc1nc(O[C@H]2CC[C@H](N3CCOCC3)CC2)c2c3c(sc2n1)COCC3. The maximum Gasteiger partial charge on any atom is 0.227 e. The molecule has 1 aliphatic carbocycles. The number of aromatic nitrogens is 2. The maximum absolute atomic E-state index is 6.40. The number of ether oxygens (including phenoxy) is 3. The first kappa shape index (κ1) is 18.1. The molecule has 3 aliphatic rings. The number of halogens is 1. The zero-order valence-corrected chi connectivity index (χ0v) is 16.9. The van der Waals surface area contributed by atoms with E-state index < -0.39 is 0 Å². The second-order valence-electron chi connectivity index (χ2n) is 7.48. The first-order chi connectivity index (χ1) is 13.3. The van der Waals surface area contributed by atoms with Gasteiger partial charge in [-0.15, -0.1) is 11.3 Å². The van der Waals surface area contributed by atoms with Crippen molar-refractivity contribution in [3.8, 4) is 5.88 Å². The Morgan fingerprint density at radius 3 is 2.67 bits per heavy atom. The first-order valence-corrected chi connectivity index (χ1v) is 11.0. The van der Waals surface area contributed by atoms with Crippen LogP contribution in [0.1, 0.15) is 36.1 Å². The Hall–Kier alpha value is -0.990. The fraction of sp³-hybridized carbons (Fsp3) is 0.684. The molecular weight excluding hydrogens is 386 g/mol. The molecule has 5 rings (SSSR count). The van der Waals surface area contributed by atoms with Crippen molar-refractivity contribution in [2.45, 2.75) is 50.9 Å². The van der Waals surface area contributed by atoms with Crippen LogP contribution >= 0.6 is 22.9 Å². The van der Waals surface area contributed by atoms with Crippen LogP contribution in [-0.2, 0) is 22.5 Å². The minimum atomic E-state index is 0.201. The number of fused-ring (bicyclic) bond motifs is 3. The molecule has 0 spiro atoms. The smallest absolute Gasteiger partial charge is 0.227 e. The Kier molecular flexibility index (Phi) is 5.21. The van der Waals surface area contributed by atoms with E-state index in [0.29, 0.717) is 18.5 Å². The summed E-state index contributed by atoms with van der Waals surface area (Å²) < 4.78 is 17.5. The van der Waals surface area contributed by atoms with E-state index in [1.165, 1.54) is 23.3 Å². The van der Waals surface area contributed by atoms with E-state index in [9.17, 15) is 0 Å². The van der Waals surface area contributed by atoms with Gasteiger partial charge in [-0.2, -0.15) is 4.98 Å². The van der Waals surface area contributed by atoms with Gasteiger partial charge in [-0.05, 0) is 49.3 Å². The minimum absolute atomic E-state index is 0.201. The third-order valence-electron chi connectivity index (χ3n) is 5.89. The second kappa shape index (κ2) is 7.79. The third kappa shape index (κ3) is 3.68. The summed E-state index contributed by atoms with van der Waals surface area (Å²) in [6, 6.07) is 0.661. The molecule has 1 saturated carbocycles. The molecule has 146 valence electrons. The van der Waals surface area contributed by atoms with Crippen LogP contribution in [0.5, 0.6) is 5.88 Å². The van der Waals surface area contributed by atoms with E-state index in [4.69, 9.17) is 25.8 Å². The quantitative estimate of drug-likeness (QED) is 0.724. The van der Waals surface area contributed by atoms with Gasteiger partial charge in [0.1, 0.15) is 10.9 Å². The number of thiophene rings is 1. The number of morpholine rings is 1. The number of rotatable bonds is 3. The van der Waals surface area contributed by atoms with Gasteiger partial charge in [0.15, 0.2) is 0 Å². The molecule has 4 heterocycles. The van der Waals surface area contributed by atoms with Crippen molar-refractivity contribution in [2.75, 3.05) is 32.9 Å². The normalized spacial score (nSPS) is 26.9. The summed E-state index contributed by atoms with van der Waals surface area (Å²) in [7, 11) is 0. The highest BCUT2D eigenvalue weighted by Crippen LogP contribution is 2.39. The zero-order valence-electron chi connectivity index (χ0n) is 15.3. The molecule has 2 aromatic heterocycles. The first-order valence-electron chi connectivity index (χ1n) is 9.82. The lowest BCUT2D eigenvalue weighted by Gasteiger charge is -2.38. The molecule has 2 aliphatic heterocycles. The Bertz CT molecular complexity index is 816. The number of hydrogen-bond donors (Lipinski definition) is 0. The molecule has 2 aromatic rings. The van der Waals surface area contributed by atoms with E-state index in [1.54, 1.807) is 11.3 Å². The highest BCUT2D eigenvalue weighted by Gasteiger charge is 2.29. The molecule has 2 fully saturated rings. The molecule has 0 bridgehead atoms. The van der Waals surface area contributed by atoms with Crippen molar-refractivity contribution < 1.29 is 14.2 Å². The molecule has 0 aromatic carbocycles. The van der Waals surface area contributed by atoms with Crippen LogP contribution in [0.25, 0.3) is 10.2 Å². The molecule has 0 amide bonds. The molecule has 27 heavy (non-hydrogen) atoms. The minimum Gasteiger partial charge on any atom is -0.474 e. The Balaban J connectivity index is 1.32. The van der Waals surface area contributed by atoms with Gasteiger partial charge in [0.05, 0.1) is 31.8 Å². The topological polar surface area (TPSA) is 56.7 Å². The Morgan fingerprint density at radius 2 is 1.85 bits per heavy atom. The van der Waals surface area contributed by atoms with Crippen molar-refractivity contribution in [1.29, 1.82) is 0 Å². The van der Waals surface area contributed by atoms with Crippen LogP contribution in [-0.4, -0.2) is 59.9 Å². The summed E-state index contributed by atoms with van der Waals surface area (Å²) >= 11 is 7.83. The molecule has 0 N–H and O–H groups in total. The Labute approximate surface area is 167 Å². The third-order valence-corrected chi connectivity index (χ3v) is 7.16. The molecule has 0 unspecified atom stereocenters. The lowest BCUT2D eigenvalue weighted by atomic mass is 9.91. The van der Waals surface area contributed by atoms with E-state index in [1.807, 2.05) is 0 Å². The van der Waals surface area contributed by atoms with E-state index in [0.717, 1.165) is 62.4 Å². The highest BCUT2D eigenvalue weighted by molar-refractivity contribution is 7.18. The predicted octanol–water partition coefficient (Wildman–Crippen LogP) is 3.44. The molecule has 0 radical (unpaired) electrons. The van der Waals surface area contributed by atoms with Gasteiger partial charge in [0.2, 0.25) is 11.2 Å². The fourth-order valence-electron chi connectivity index (χ4n) is 4.48. The van der Waals surface area contributed by atoms with Crippen molar-refractivity contribution in [3.05, 3.63) is 15.7 Å². The summed E-state index contributed by atoms with van der Waals surface area (Å²) in [6.07, 6.45) is 5.54. The van der Waals surface area contributed by atoms with Crippen LogP contribution in [0.4, 0.5) is 0 Å².